The van der Waals surface area contributed by atoms with Crippen LogP contribution in [-0.4, -0.2) is 20.0 Å². The van der Waals surface area contributed by atoms with Crippen molar-refractivity contribution in [1.82, 2.24) is 14.2 Å². The summed E-state index contributed by atoms with van der Waals surface area (Å²) >= 11 is 0.0836. The molecule has 1 fully saturated rings. The summed E-state index contributed by atoms with van der Waals surface area (Å²) in [6.45, 7) is 0. The van der Waals surface area contributed by atoms with Crippen molar-refractivity contribution in [2.45, 2.75) is 31.6 Å². The van der Waals surface area contributed by atoms with Crippen LogP contribution in [0.25, 0.3) is 11.4 Å². The standard InChI is InChI=1S/C14H14FN3OS/c15-20-18-9-16-17-14(18)12-3-1-10(2-4-12)11-5-7-13(19)8-6-11/h1-4,9,11H,5-8H2. The molecule has 6 heteroatoms. The fraction of sp³-hybridized carbons (Fsp3) is 0.357. The first-order valence-electron chi connectivity index (χ1n) is 6.59. The minimum atomic E-state index is 0.0836. The van der Waals surface area contributed by atoms with Crippen LogP contribution in [0.3, 0.4) is 0 Å². The fourth-order valence-corrected chi connectivity index (χ4v) is 2.92. The van der Waals surface area contributed by atoms with Crippen LogP contribution in [0.15, 0.2) is 30.6 Å². The average molecular weight is 291 g/mol. The highest BCUT2D eigenvalue weighted by Crippen LogP contribution is 2.32. The Morgan fingerprint density at radius 3 is 2.55 bits per heavy atom. The molecule has 20 heavy (non-hydrogen) atoms. The van der Waals surface area contributed by atoms with Gasteiger partial charge in [0.1, 0.15) is 12.1 Å². The number of hydrogen-bond acceptors (Lipinski definition) is 4. The van der Waals surface area contributed by atoms with Crippen molar-refractivity contribution in [2.75, 3.05) is 0 Å². The lowest BCUT2D eigenvalue weighted by Crippen LogP contribution is -2.12. The minimum Gasteiger partial charge on any atom is -0.300 e. The van der Waals surface area contributed by atoms with Gasteiger partial charge in [0.05, 0.1) is 0 Å². The SMILES string of the molecule is O=C1CCC(c2ccc(-c3nncn3SF)cc2)CC1. The van der Waals surface area contributed by atoms with Crippen molar-refractivity contribution in [3.63, 3.8) is 0 Å². The van der Waals surface area contributed by atoms with E-state index >= 15 is 0 Å². The molecule has 1 aliphatic rings. The van der Waals surface area contributed by atoms with Crippen molar-refractivity contribution in [2.24, 2.45) is 0 Å². The van der Waals surface area contributed by atoms with Gasteiger partial charge in [-0.2, -0.15) is 0 Å². The smallest absolute Gasteiger partial charge is 0.175 e. The van der Waals surface area contributed by atoms with Gasteiger partial charge >= 0.3 is 0 Å². The Kier molecular flexibility index (Phi) is 3.82. The summed E-state index contributed by atoms with van der Waals surface area (Å²) in [5.41, 5.74) is 2.07. The second kappa shape index (κ2) is 5.75. The predicted molar refractivity (Wildman–Crippen MR) is 75.8 cm³/mol. The highest BCUT2D eigenvalue weighted by Gasteiger charge is 2.20. The van der Waals surface area contributed by atoms with Gasteiger partial charge in [0.2, 0.25) is 0 Å². The number of benzene rings is 1. The number of aromatic nitrogens is 3. The number of nitrogens with zero attached hydrogens (tertiary/aromatic N) is 3. The van der Waals surface area contributed by atoms with Gasteiger partial charge in [-0.15, -0.1) is 14.1 Å². The minimum absolute atomic E-state index is 0.0836. The van der Waals surface area contributed by atoms with Gasteiger partial charge < -0.3 is 0 Å². The molecule has 0 amide bonds. The summed E-state index contributed by atoms with van der Waals surface area (Å²) in [5.74, 6) is 1.32. The van der Waals surface area contributed by atoms with Gasteiger partial charge in [0, 0.05) is 18.4 Å². The molecule has 0 aliphatic heterocycles. The Morgan fingerprint density at radius 2 is 1.90 bits per heavy atom. The molecular formula is C14H14FN3OS. The third-order valence-electron chi connectivity index (χ3n) is 3.78. The maximum Gasteiger partial charge on any atom is 0.175 e. The quantitative estimate of drug-likeness (QED) is 0.867. The number of carbonyl (C=O) groups excluding carboxylic acids is 1. The molecule has 1 aliphatic carbocycles. The number of rotatable bonds is 3. The molecule has 4 nitrogen and oxygen atoms in total. The lowest BCUT2D eigenvalue weighted by Gasteiger charge is -2.21. The molecule has 0 saturated heterocycles. The molecule has 1 heterocycles. The van der Waals surface area contributed by atoms with E-state index in [4.69, 9.17) is 0 Å². The molecule has 1 aromatic heterocycles. The molecule has 1 aromatic carbocycles. The van der Waals surface area contributed by atoms with Crippen LogP contribution < -0.4 is 0 Å². The van der Waals surface area contributed by atoms with E-state index in [2.05, 4.69) is 10.2 Å². The van der Waals surface area contributed by atoms with Crippen LogP contribution in [0, 0.1) is 0 Å². The molecule has 0 N–H and O–H groups in total. The summed E-state index contributed by atoms with van der Waals surface area (Å²) in [4.78, 5) is 11.3. The fourth-order valence-electron chi connectivity index (χ4n) is 2.64. The zero-order valence-corrected chi connectivity index (χ0v) is 11.6. The van der Waals surface area contributed by atoms with E-state index in [-0.39, 0.29) is 12.3 Å². The van der Waals surface area contributed by atoms with Crippen LogP contribution in [0.5, 0.6) is 0 Å². The van der Waals surface area contributed by atoms with E-state index in [0.717, 1.165) is 18.4 Å². The van der Waals surface area contributed by atoms with E-state index < -0.39 is 0 Å². The third kappa shape index (κ3) is 2.60. The summed E-state index contributed by atoms with van der Waals surface area (Å²) < 4.78 is 14.0. The number of halogens is 1. The van der Waals surface area contributed by atoms with Crippen LogP contribution in [-0.2, 0) is 4.79 Å². The molecule has 1 saturated carbocycles. The molecule has 0 radical (unpaired) electrons. The first kappa shape index (κ1) is 13.3. The Labute approximate surface area is 120 Å². The van der Waals surface area contributed by atoms with Gasteiger partial charge in [-0.3, -0.25) is 4.79 Å². The average Bonchev–Trinajstić information content (AvgIpc) is 2.97. The van der Waals surface area contributed by atoms with E-state index in [0.29, 0.717) is 30.4 Å². The maximum atomic E-state index is 12.7. The Morgan fingerprint density at radius 1 is 1.20 bits per heavy atom. The summed E-state index contributed by atoms with van der Waals surface area (Å²) in [6.07, 6.45) is 4.56. The van der Waals surface area contributed by atoms with Crippen molar-refractivity contribution in [3.05, 3.63) is 36.2 Å². The molecule has 104 valence electrons. The Hall–Kier alpha value is -1.69. The third-order valence-corrected chi connectivity index (χ3v) is 4.19. The predicted octanol–water partition coefficient (Wildman–Crippen LogP) is 3.55. The monoisotopic (exact) mass is 291 g/mol. The summed E-state index contributed by atoms with van der Waals surface area (Å²) in [6, 6.07) is 7.94. The molecule has 0 bridgehead atoms. The number of hydrogen-bond donors (Lipinski definition) is 0. The van der Waals surface area contributed by atoms with Crippen molar-refractivity contribution >= 4 is 18.1 Å². The summed E-state index contributed by atoms with van der Waals surface area (Å²) in [5, 5.41) is 7.62. The maximum absolute atomic E-state index is 12.7. The lowest BCUT2D eigenvalue weighted by molar-refractivity contribution is -0.120. The number of carbonyl (C=O) groups is 1. The van der Waals surface area contributed by atoms with Crippen molar-refractivity contribution < 1.29 is 8.68 Å². The van der Waals surface area contributed by atoms with Gasteiger partial charge in [0.15, 0.2) is 18.2 Å². The zero-order chi connectivity index (χ0) is 13.9. The second-order valence-corrected chi connectivity index (χ2v) is 5.52. The van der Waals surface area contributed by atoms with Gasteiger partial charge in [-0.05, 0) is 24.3 Å². The van der Waals surface area contributed by atoms with Crippen LogP contribution >= 0.6 is 12.3 Å². The first-order valence-corrected chi connectivity index (χ1v) is 7.26. The van der Waals surface area contributed by atoms with Gasteiger partial charge in [0.25, 0.3) is 0 Å². The molecule has 0 atom stereocenters. The largest absolute Gasteiger partial charge is 0.300 e. The molecular weight excluding hydrogens is 277 g/mol. The van der Waals surface area contributed by atoms with Crippen LogP contribution in [0.1, 0.15) is 37.2 Å². The topological polar surface area (TPSA) is 47.8 Å². The van der Waals surface area contributed by atoms with Crippen molar-refractivity contribution in [3.8, 4) is 11.4 Å². The van der Waals surface area contributed by atoms with Crippen molar-refractivity contribution in [1.29, 1.82) is 0 Å². The first-order chi connectivity index (χ1) is 9.78. The van der Waals surface area contributed by atoms with E-state index in [9.17, 15) is 8.68 Å². The molecule has 0 unspecified atom stereocenters. The van der Waals surface area contributed by atoms with E-state index in [1.807, 2.05) is 24.3 Å². The zero-order valence-electron chi connectivity index (χ0n) is 10.8. The van der Waals surface area contributed by atoms with E-state index in [1.165, 1.54) is 15.9 Å². The number of Topliss-reactive ketones (excluding diaryl/α,β-unsaturated/α-hetero) is 1. The summed E-state index contributed by atoms with van der Waals surface area (Å²) in [7, 11) is 0. The molecule has 3 rings (SSSR count). The highest BCUT2D eigenvalue weighted by atomic mass is 32.2. The van der Waals surface area contributed by atoms with Gasteiger partial charge in [-0.25, -0.2) is 3.97 Å². The van der Waals surface area contributed by atoms with Crippen LogP contribution in [0.4, 0.5) is 3.89 Å². The second-order valence-electron chi connectivity index (χ2n) is 4.98. The molecule has 0 spiro atoms. The van der Waals surface area contributed by atoms with Crippen LogP contribution in [0.2, 0.25) is 0 Å². The molecule has 2 aromatic rings. The number of ketones is 1. The Bertz CT molecular complexity index is 601. The van der Waals surface area contributed by atoms with Gasteiger partial charge in [-0.1, -0.05) is 24.3 Å². The highest BCUT2D eigenvalue weighted by molar-refractivity contribution is 7.92. The Balaban J connectivity index is 1.79. The normalized spacial score (nSPS) is 16.6. The van der Waals surface area contributed by atoms with E-state index in [1.54, 1.807) is 0 Å². The lowest BCUT2D eigenvalue weighted by atomic mass is 9.83.